The van der Waals surface area contributed by atoms with E-state index in [1.165, 1.54) is 6.07 Å². The van der Waals surface area contributed by atoms with Crippen molar-refractivity contribution in [3.05, 3.63) is 125 Å². The smallest absolute Gasteiger partial charge is 0.407 e. The lowest BCUT2D eigenvalue weighted by atomic mass is 9.98. The van der Waals surface area contributed by atoms with Crippen molar-refractivity contribution in [3.63, 3.8) is 0 Å². The molecule has 5 rings (SSSR count). The van der Waals surface area contributed by atoms with Crippen LogP contribution in [0.3, 0.4) is 0 Å². The zero-order valence-corrected chi connectivity index (χ0v) is 25.4. The summed E-state index contributed by atoms with van der Waals surface area (Å²) in [7, 11) is 0. The molecule has 0 spiro atoms. The molecule has 230 valence electrons. The van der Waals surface area contributed by atoms with E-state index >= 15 is 0 Å². The molecule has 4 aromatic rings. The first-order chi connectivity index (χ1) is 21.6. The fourth-order valence-corrected chi connectivity index (χ4v) is 5.29. The van der Waals surface area contributed by atoms with Crippen LogP contribution >= 0.6 is 0 Å². The van der Waals surface area contributed by atoms with Crippen molar-refractivity contribution in [2.45, 2.75) is 38.3 Å². The molecule has 0 fully saturated rings. The monoisotopic (exact) mass is 604 g/mol. The van der Waals surface area contributed by atoms with E-state index in [1.807, 2.05) is 63.2 Å². The van der Waals surface area contributed by atoms with Crippen LogP contribution in [0.2, 0.25) is 0 Å². The molecule has 8 nitrogen and oxygen atoms in total. The average molecular weight is 605 g/mol. The molecule has 0 aromatic heterocycles. The van der Waals surface area contributed by atoms with Crippen molar-refractivity contribution < 1.29 is 29.0 Å². The molecule has 1 aliphatic rings. The van der Waals surface area contributed by atoms with Gasteiger partial charge < -0.3 is 25.2 Å². The van der Waals surface area contributed by atoms with E-state index in [0.29, 0.717) is 16.8 Å². The number of amides is 2. The van der Waals surface area contributed by atoms with Gasteiger partial charge in [0.1, 0.15) is 12.6 Å². The molecule has 45 heavy (non-hydrogen) atoms. The van der Waals surface area contributed by atoms with Crippen LogP contribution in [-0.4, -0.2) is 47.9 Å². The highest BCUT2D eigenvalue weighted by Gasteiger charge is 2.30. The number of aromatic carboxylic acids is 1. The van der Waals surface area contributed by atoms with Crippen LogP contribution in [0.1, 0.15) is 59.3 Å². The number of carbonyl (C=O) groups excluding carboxylic acids is 2. The molecule has 0 heterocycles. The summed E-state index contributed by atoms with van der Waals surface area (Å²) >= 11 is 0. The zero-order valence-electron chi connectivity index (χ0n) is 25.4. The van der Waals surface area contributed by atoms with Gasteiger partial charge in [-0.3, -0.25) is 4.79 Å². The van der Waals surface area contributed by atoms with E-state index < -0.39 is 29.6 Å². The summed E-state index contributed by atoms with van der Waals surface area (Å²) in [4.78, 5) is 38.3. The second-order valence-electron chi connectivity index (χ2n) is 11.7. The molecular weight excluding hydrogens is 568 g/mol. The molecular formula is C37H36N2O6. The van der Waals surface area contributed by atoms with Gasteiger partial charge in [-0.2, -0.15) is 0 Å². The Kier molecular flexibility index (Phi) is 9.45. The van der Waals surface area contributed by atoms with Crippen molar-refractivity contribution >= 4 is 35.8 Å². The third-order valence-corrected chi connectivity index (χ3v) is 7.49. The van der Waals surface area contributed by atoms with Gasteiger partial charge in [0.25, 0.3) is 0 Å². The number of hydrogen-bond donors (Lipinski definition) is 3. The quantitative estimate of drug-likeness (QED) is 0.165. The number of carboxylic acids is 1. The topological polar surface area (TPSA) is 114 Å². The van der Waals surface area contributed by atoms with Gasteiger partial charge >= 0.3 is 12.1 Å². The number of anilines is 1. The van der Waals surface area contributed by atoms with E-state index in [9.17, 15) is 19.5 Å². The molecule has 3 N–H and O–H groups in total. The van der Waals surface area contributed by atoms with Crippen LogP contribution in [0.5, 0.6) is 0 Å². The molecule has 0 saturated heterocycles. The number of benzene rings is 4. The van der Waals surface area contributed by atoms with E-state index in [1.54, 1.807) is 48.6 Å². The van der Waals surface area contributed by atoms with Gasteiger partial charge in [-0.25, -0.2) is 9.59 Å². The number of hydrogen-bond acceptors (Lipinski definition) is 5. The minimum atomic E-state index is -1.05. The summed E-state index contributed by atoms with van der Waals surface area (Å²) in [5.41, 5.74) is 5.71. The Hall–Kier alpha value is -5.21. The van der Waals surface area contributed by atoms with Gasteiger partial charge in [0.05, 0.1) is 17.8 Å². The molecule has 0 unspecified atom stereocenters. The van der Waals surface area contributed by atoms with Gasteiger partial charge in [-0.1, -0.05) is 97.1 Å². The summed E-state index contributed by atoms with van der Waals surface area (Å²) in [5, 5.41) is 15.1. The maximum atomic E-state index is 13.6. The highest BCUT2D eigenvalue weighted by molar-refractivity contribution is 5.99. The van der Waals surface area contributed by atoms with Gasteiger partial charge in [0.2, 0.25) is 5.91 Å². The maximum absolute atomic E-state index is 13.6. The minimum absolute atomic E-state index is 0.0798. The van der Waals surface area contributed by atoms with Crippen LogP contribution in [0, 0.1) is 0 Å². The number of nitrogens with one attached hydrogen (secondary N) is 2. The third kappa shape index (κ3) is 7.66. The minimum Gasteiger partial charge on any atom is -0.478 e. The fourth-order valence-electron chi connectivity index (χ4n) is 5.29. The first-order valence-corrected chi connectivity index (χ1v) is 14.8. The van der Waals surface area contributed by atoms with Gasteiger partial charge in [-0.05, 0) is 66.3 Å². The summed E-state index contributed by atoms with van der Waals surface area (Å²) in [6.07, 6.45) is 2.69. The number of carboxylic acid groups (broad SMARTS) is 1. The highest BCUT2D eigenvalue weighted by Crippen LogP contribution is 2.44. The summed E-state index contributed by atoms with van der Waals surface area (Å²) in [5.74, 6) is -1.64. The largest absolute Gasteiger partial charge is 0.478 e. The van der Waals surface area contributed by atoms with Crippen molar-refractivity contribution in [1.29, 1.82) is 0 Å². The molecule has 0 aliphatic heterocycles. The summed E-state index contributed by atoms with van der Waals surface area (Å²) in [6, 6.07) is 28.9. The van der Waals surface area contributed by atoms with Crippen molar-refractivity contribution in [2.24, 2.45) is 0 Å². The molecule has 0 bridgehead atoms. The first kappa shape index (κ1) is 31.2. The number of ether oxygens (including phenoxy) is 2. The number of rotatable bonds is 10. The van der Waals surface area contributed by atoms with Crippen LogP contribution in [-0.2, 0) is 14.3 Å². The lowest BCUT2D eigenvalue weighted by molar-refractivity contribution is -0.121. The summed E-state index contributed by atoms with van der Waals surface area (Å²) in [6.45, 7) is 5.63. The van der Waals surface area contributed by atoms with Gasteiger partial charge in [-0.15, -0.1) is 0 Å². The highest BCUT2D eigenvalue weighted by atomic mass is 16.5. The lowest BCUT2D eigenvalue weighted by Crippen LogP contribution is -2.48. The molecule has 8 heteroatoms. The van der Waals surface area contributed by atoms with E-state index in [2.05, 4.69) is 22.8 Å². The average Bonchev–Trinajstić information content (AvgIpc) is 3.34. The van der Waals surface area contributed by atoms with Crippen LogP contribution in [0.4, 0.5) is 10.5 Å². The van der Waals surface area contributed by atoms with Gasteiger partial charge in [0.15, 0.2) is 0 Å². The normalized spacial score (nSPS) is 13.1. The standard InChI is InChI=1S/C37H36N2O6/c1-37(2,3)45-23-33(39-36(43)44-22-31-29-17-9-7-15-27(29)28-16-8-10-18-30(28)31)34(40)38-32-19-11-5-13-25(32)21-20-24-12-4-6-14-26(24)35(41)42/h4-21,31,33H,22-23H2,1-3H3,(H,38,40)(H,39,43)(H,41,42)/b21-20+/t33-/m0/s1. The first-order valence-electron chi connectivity index (χ1n) is 14.8. The van der Waals surface area contributed by atoms with E-state index in [0.717, 1.165) is 22.3 Å². The SMILES string of the molecule is CC(C)(C)OC[C@H](NC(=O)OCC1c2ccccc2-c2ccccc21)C(=O)Nc1ccccc1/C=C/c1ccccc1C(=O)O. The number of carbonyl (C=O) groups is 3. The van der Waals surface area contributed by atoms with E-state index in [4.69, 9.17) is 9.47 Å². The molecule has 2 amide bonds. The number of alkyl carbamates (subject to hydrolysis) is 1. The second-order valence-corrected chi connectivity index (χ2v) is 11.7. The zero-order chi connectivity index (χ0) is 32.0. The Morgan fingerprint density at radius 2 is 1.36 bits per heavy atom. The Labute approximate surface area is 262 Å². The molecule has 1 aliphatic carbocycles. The molecule has 0 saturated carbocycles. The molecule has 4 aromatic carbocycles. The van der Waals surface area contributed by atoms with E-state index in [-0.39, 0.29) is 24.7 Å². The third-order valence-electron chi connectivity index (χ3n) is 7.49. The Bertz CT molecular complexity index is 1690. The predicted octanol–water partition coefficient (Wildman–Crippen LogP) is 7.22. The van der Waals surface area contributed by atoms with Crippen LogP contribution in [0.25, 0.3) is 23.3 Å². The molecule has 0 radical (unpaired) electrons. The van der Waals surface area contributed by atoms with Crippen molar-refractivity contribution in [1.82, 2.24) is 5.32 Å². The van der Waals surface area contributed by atoms with Crippen LogP contribution < -0.4 is 10.6 Å². The summed E-state index contributed by atoms with van der Waals surface area (Å²) < 4.78 is 11.6. The fraction of sp³-hybridized carbons (Fsp3) is 0.216. The predicted molar refractivity (Wildman–Crippen MR) is 175 cm³/mol. The number of fused-ring (bicyclic) bond motifs is 3. The second kappa shape index (κ2) is 13.6. The Morgan fingerprint density at radius 1 is 0.800 bits per heavy atom. The Balaban J connectivity index is 1.29. The maximum Gasteiger partial charge on any atom is 0.407 e. The van der Waals surface area contributed by atoms with Crippen molar-refractivity contribution in [2.75, 3.05) is 18.5 Å². The number of para-hydroxylation sites is 1. The van der Waals surface area contributed by atoms with Crippen molar-refractivity contribution in [3.8, 4) is 11.1 Å². The van der Waals surface area contributed by atoms with Crippen LogP contribution in [0.15, 0.2) is 97.1 Å². The molecule has 1 atom stereocenters. The Morgan fingerprint density at radius 3 is 2.00 bits per heavy atom. The lowest BCUT2D eigenvalue weighted by Gasteiger charge is -2.25. The van der Waals surface area contributed by atoms with Gasteiger partial charge in [0, 0.05) is 11.6 Å².